The van der Waals surface area contributed by atoms with Crippen molar-refractivity contribution in [2.45, 2.75) is 59.3 Å². The Kier molecular flexibility index (Phi) is 9.88. The molecule has 8 aromatic carbocycles. The third kappa shape index (κ3) is 6.73. The van der Waals surface area contributed by atoms with Crippen molar-refractivity contribution in [3.8, 4) is 39.6 Å². The number of nitrogens with zero attached hydrogens (tertiary/aromatic N) is 4. The summed E-state index contributed by atoms with van der Waals surface area (Å²) in [5.74, 6) is 1.82. The van der Waals surface area contributed by atoms with Crippen molar-refractivity contribution in [1.82, 2.24) is 18.7 Å². The molecule has 11 rings (SSSR count). The Balaban J connectivity index is 0.863. The SMILES string of the molecule is CCC(CC(C)c1ccc2c(c1)c1ccccc1n2-c1ccc(-c2cccc(-n3c4ccccc4c4ccccc43)c2)cc1)c1ccc(-c2nccn2-c2c(C)cc(C)cc2C)cc1. The van der Waals surface area contributed by atoms with Crippen LogP contribution in [0.25, 0.3) is 83.2 Å². The minimum atomic E-state index is 0.389. The Labute approximate surface area is 375 Å². The molecule has 0 amide bonds. The lowest BCUT2D eigenvalue weighted by molar-refractivity contribution is 0.545. The number of para-hydroxylation sites is 3. The highest BCUT2D eigenvalue weighted by Gasteiger charge is 2.20. The van der Waals surface area contributed by atoms with Crippen molar-refractivity contribution in [2.75, 3.05) is 0 Å². The highest BCUT2D eigenvalue weighted by molar-refractivity contribution is 6.10. The zero-order valence-corrected chi connectivity index (χ0v) is 37.3. The average Bonchev–Trinajstić information content (AvgIpc) is 4.03. The molecule has 0 radical (unpaired) electrons. The standard InChI is InChI=1S/C60H52N4/c1-6-43(44-22-24-46(25-23-44)60-61-32-33-62(60)59-41(4)34-39(2)35-42(59)5)36-40(3)47-28-31-58-54(38-47)53-18-9-12-21-57(53)63(58)49-29-26-45(27-30-49)48-14-13-15-50(37-48)64-55-19-10-7-16-51(55)52-17-8-11-20-56(52)64/h7-35,37-38,40,43H,6,36H2,1-5H3. The molecule has 0 N–H and O–H groups in total. The number of imidazole rings is 1. The van der Waals surface area contributed by atoms with Crippen LogP contribution in [0.5, 0.6) is 0 Å². The Bertz CT molecular complexity index is 3430. The quantitative estimate of drug-likeness (QED) is 0.135. The molecule has 64 heavy (non-hydrogen) atoms. The maximum Gasteiger partial charge on any atom is 0.144 e. The molecule has 3 heterocycles. The van der Waals surface area contributed by atoms with Crippen LogP contribution in [-0.2, 0) is 0 Å². The van der Waals surface area contributed by atoms with Crippen molar-refractivity contribution in [1.29, 1.82) is 0 Å². The number of benzene rings is 8. The first kappa shape index (κ1) is 39.4. The molecular weight excluding hydrogens is 777 g/mol. The van der Waals surface area contributed by atoms with E-state index in [1.54, 1.807) is 0 Å². The molecule has 4 heteroatoms. The maximum atomic E-state index is 4.82. The van der Waals surface area contributed by atoms with Gasteiger partial charge in [0.15, 0.2) is 0 Å². The highest BCUT2D eigenvalue weighted by Crippen LogP contribution is 2.39. The number of hydrogen-bond acceptors (Lipinski definition) is 1. The minimum Gasteiger partial charge on any atom is -0.309 e. The number of rotatable bonds is 10. The van der Waals surface area contributed by atoms with E-state index >= 15 is 0 Å². The van der Waals surface area contributed by atoms with E-state index in [1.165, 1.54) is 88.2 Å². The molecular formula is C60H52N4. The molecule has 0 bridgehead atoms. The van der Waals surface area contributed by atoms with Crippen LogP contribution in [0.2, 0.25) is 0 Å². The third-order valence-corrected chi connectivity index (χ3v) is 13.7. The van der Waals surface area contributed by atoms with Gasteiger partial charge < -0.3 is 9.13 Å². The van der Waals surface area contributed by atoms with Crippen molar-refractivity contribution in [3.05, 3.63) is 216 Å². The first-order valence-electron chi connectivity index (χ1n) is 22.8. The molecule has 0 saturated heterocycles. The molecule has 3 aromatic heterocycles. The van der Waals surface area contributed by atoms with Gasteiger partial charge in [0, 0.05) is 50.9 Å². The van der Waals surface area contributed by atoms with Gasteiger partial charge in [-0.3, -0.25) is 4.57 Å². The van der Waals surface area contributed by atoms with Gasteiger partial charge in [-0.15, -0.1) is 0 Å². The predicted molar refractivity (Wildman–Crippen MR) is 270 cm³/mol. The van der Waals surface area contributed by atoms with Gasteiger partial charge in [0.05, 0.1) is 27.8 Å². The summed E-state index contributed by atoms with van der Waals surface area (Å²) in [7, 11) is 0. The van der Waals surface area contributed by atoms with E-state index in [-0.39, 0.29) is 0 Å². The summed E-state index contributed by atoms with van der Waals surface area (Å²) in [6.45, 7) is 11.3. The minimum absolute atomic E-state index is 0.389. The fourth-order valence-corrected chi connectivity index (χ4v) is 10.7. The largest absolute Gasteiger partial charge is 0.309 e. The van der Waals surface area contributed by atoms with Gasteiger partial charge in [-0.2, -0.15) is 0 Å². The van der Waals surface area contributed by atoms with Crippen LogP contribution in [0.3, 0.4) is 0 Å². The first-order valence-corrected chi connectivity index (χ1v) is 22.8. The van der Waals surface area contributed by atoms with Crippen molar-refractivity contribution >= 4 is 43.6 Å². The van der Waals surface area contributed by atoms with Gasteiger partial charge in [-0.05, 0) is 133 Å². The maximum absolute atomic E-state index is 4.82. The zero-order chi connectivity index (χ0) is 43.5. The fourth-order valence-electron chi connectivity index (χ4n) is 10.7. The Morgan fingerprint density at radius 3 is 1.69 bits per heavy atom. The summed E-state index contributed by atoms with van der Waals surface area (Å²) < 4.78 is 7.07. The Morgan fingerprint density at radius 2 is 1.05 bits per heavy atom. The molecule has 0 aliphatic heterocycles. The van der Waals surface area contributed by atoms with Crippen molar-refractivity contribution < 1.29 is 0 Å². The molecule has 2 atom stereocenters. The number of fused-ring (bicyclic) bond motifs is 6. The second-order valence-corrected chi connectivity index (χ2v) is 17.8. The van der Waals surface area contributed by atoms with E-state index < -0.39 is 0 Å². The molecule has 312 valence electrons. The molecule has 0 saturated carbocycles. The second kappa shape index (κ2) is 16.0. The highest BCUT2D eigenvalue weighted by atomic mass is 15.1. The van der Waals surface area contributed by atoms with E-state index in [0.29, 0.717) is 11.8 Å². The van der Waals surface area contributed by atoms with Crippen LogP contribution in [-0.4, -0.2) is 18.7 Å². The smallest absolute Gasteiger partial charge is 0.144 e. The molecule has 0 aliphatic rings. The van der Waals surface area contributed by atoms with Crippen LogP contribution in [0, 0.1) is 20.8 Å². The molecule has 2 unspecified atom stereocenters. The third-order valence-electron chi connectivity index (χ3n) is 13.7. The number of aryl methyl sites for hydroxylation is 3. The van der Waals surface area contributed by atoms with E-state index in [2.05, 4.69) is 230 Å². The monoisotopic (exact) mass is 828 g/mol. The van der Waals surface area contributed by atoms with Gasteiger partial charge in [-0.1, -0.05) is 141 Å². The lowest BCUT2D eigenvalue weighted by Gasteiger charge is -2.21. The Morgan fingerprint density at radius 1 is 0.484 bits per heavy atom. The van der Waals surface area contributed by atoms with Crippen molar-refractivity contribution in [2.24, 2.45) is 0 Å². The van der Waals surface area contributed by atoms with Crippen molar-refractivity contribution in [3.63, 3.8) is 0 Å². The van der Waals surface area contributed by atoms with Crippen LogP contribution >= 0.6 is 0 Å². The van der Waals surface area contributed by atoms with E-state index in [4.69, 9.17) is 4.98 Å². The zero-order valence-electron chi connectivity index (χ0n) is 37.3. The molecule has 4 nitrogen and oxygen atoms in total. The summed E-state index contributed by atoms with van der Waals surface area (Å²) in [4.78, 5) is 4.82. The van der Waals surface area contributed by atoms with Crippen LogP contribution in [0.4, 0.5) is 0 Å². The summed E-state index contributed by atoms with van der Waals surface area (Å²) in [5, 5.41) is 5.13. The van der Waals surface area contributed by atoms with E-state index in [9.17, 15) is 0 Å². The molecule has 11 aromatic rings. The van der Waals surface area contributed by atoms with Gasteiger partial charge in [0.1, 0.15) is 5.82 Å². The Hall–Kier alpha value is -7.43. The molecule has 0 aliphatic carbocycles. The molecule has 0 spiro atoms. The van der Waals surface area contributed by atoms with Gasteiger partial charge in [-0.25, -0.2) is 4.98 Å². The normalized spacial score (nSPS) is 12.8. The van der Waals surface area contributed by atoms with E-state index in [1.807, 2.05) is 6.20 Å². The fraction of sp³-hybridized carbons (Fsp3) is 0.150. The van der Waals surface area contributed by atoms with E-state index in [0.717, 1.165) is 35.6 Å². The average molecular weight is 829 g/mol. The predicted octanol–water partition coefficient (Wildman–Crippen LogP) is 16.0. The summed E-state index contributed by atoms with van der Waals surface area (Å²) in [5.41, 5.74) is 18.6. The number of hydrogen-bond donors (Lipinski definition) is 0. The van der Waals surface area contributed by atoms with Crippen LogP contribution in [0.15, 0.2) is 188 Å². The van der Waals surface area contributed by atoms with Crippen LogP contribution in [0.1, 0.15) is 66.3 Å². The van der Waals surface area contributed by atoms with Gasteiger partial charge in [0.2, 0.25) is 0 Å². The topological polar surface area (TPSA) is 27.7 Å². The first-order chi connectivity index (χ1) is 31.3. The summed E-state index contributed by atoms with van der Waals surface area (Å²) in [6.07, 6.45) is 6.17. The van der Waals surface area contributed by atoms with Gasteiger partial charge >= 0.3 is 0 Å². The lowest BCUT2D eigenvalue weighted by Crippen LogP contribution is -2.05. The summed E-state index contributed by atoms with van der Waals surface area (Å²) >= 11 is 0. The second-order valence-electron chi connectivity index (χ2n) is 17.8. The van der Waals surface area contributed by atoms with Gasteiger partial charge in [0.25, 0.3) is 0 Å². The number of aromatic nitrogens is 4. The lowest BCUT2D eigenvalue weighted by atomic mass is 9.84. The summed E-state index contributed by atoms with van der Waals surface area (Å²) in [6, 6.07) is 65.2. The van der Waals surface area contributed by atoms with Crippen LogP contribution < -0.4 is 0 Å². The molecule has 0 fully saturated rings.